The molecule has 4 aromatic rings. The van der Waals surface area contributed by atoms with E-state index in [1.54, 1.807) is 36.4 Å². The zero-order valence-electron chi connectivity index (χ0n) is 14.0. The second-order valence-corrected chi connectivity index (χ2v) is 6.49. The molecule has 0 saturated heterocycles. The maximum absolute atomic E-state index is 12.7. The van der Waals surface area contributed by atoms with Gasteiger partial charge in [0.15, 0.2) is 0 Å². The molecule has 0 spiro atoms. The van der Waals surface area contributed by atoms with E-state index in [0.29, 0.717) is 27.4 Å². The van der Waals surface area contributed by atoms with Crippen molar-refractivity contribution in [3.63, 3.8) is 0 Å². The van der Waals surface area contributed by atoms with E-state index in [2.05, 4.69) is 4.98 Å². The number of fused-ring (bicyclic) bond motifs is 1. The lowest BCUT2D eigenvalue weighted by atomic mass is 10.0. The van der Waals surface area contributed by atoms with E-state index in [9.17, 15) is 4.79 Å². The Morgan fingerprint density at radius 2 is 1.77 bits per heavy atom. The summed E-state index contributed by atoms with van der Waals surface area (Å²) in [5, 5.41) is 1.33. The van der Waals surface area contributed by atoms with Crippen LogP contribution in [0.1, 0.15) is 21.7 Å². The molecule has 0 amide bonds. The third kappa shape index (κ3) is 2.74. The van der Waals surface area contributed by atoms with Crippen molar-refractivity contribution in [3.8, 4) is 11.3 Å². The molecule has 26 heavy (non-hydrogen) atoms. The Morgan fingerprint density at radius 1 is 1.08 bits per heavy atom. The fraction of sp³-hybridized carbons (Fsp3) is 0.0476. The summed E-state index contributed by atoms with van der Waals surface area (Å²) in [5.74, 6) is -0.136. The highest BCUT2D eigenvalue weighted by atomic mass is 35.5. The number of anilines is 1. The number of aryl methyl sites for hydroxylation is 1. The molecular weight excluding hydrogens is 348 g/mol. The normalized spacial score (nSPS) is 11.0. The van der Waals surface area contributed by atoms with E-state index in [1.165, 1.54) is 0 Å². The molecule has 0 fully saturated rings. The molecule has 0 atom stereocenters. The van der Waals surface area contributed by atoms with E-state index in [4.69, 9.17) is 21.8 Å². The maximum Gasteiger partial charge on any atom is 0.230 e. The van der Waals surface area contributed by atoms with Gasteiger partial charge in [0.2, 0.25) is 17.3 Å². The molecule has 0 aliphatic rings. The number of pyridine rings is 1. The summed E-state index contributed by atoms with van der Waals surface area (Å²) in [5.41, 5.74) is 9.95. The molecular formula is C21H15ClN2O2. The Morgan fingerprint density at radius 3 is 2.46 bits per heavy atom. The lowest BCUT2D eigenvalue weighted by molar-refractivity contribution is 0.101. The van der Waals surface area contributed by atoms with Gasteiger partial charge in [-0.3, -0.25) is 4.79 Å². The molecule has 0 unspecified atom stereocenters. The van der Waals surface area contributed by atoms with Crippen molar-refractivity contribution in [1.29, 1.82) is 0 Å². The number of nitrogen functional groups attached to an aromatic ring is 1. The summed E-state index contributed by atoms with van der Waals surface area (Å²) in [4.78, 5) is 17.3. The Hall–Kier alpha value is -3.11. The molecule has 0 aliphatic heterocycles. The first-order valence-electron chi connectivity index (χ1n) is 8.10. The van der Waals surface area contributed by atoms with Crippen LogP contribution in [0.4, 0.5) is 5.69 Å². The van der Waals surface area contributed by atoms with Gasteiger partial charge in [-0.1, -0.05) is 54.1 Å². The molecule has 2 aromatic carbocycles. The number of ketones is 1. The Labute approximate surface area is 155 Å². The fourth-order valence-corrected chi connectivity index (χ4v) is 3.09. The van der Waals surface area contributed by atoms with Crippen molar-refractivity contribution >= 4 is 34.2 Å². The van der Waals surface area contributed by atoms with Crippen LogP contribution in [0.3, 0.4) is 0 Å². The lowest BCUT2D eigenvalue weighted by Gasteiger charge is -2.03. The van der Waals surface area contributed by atoms with Crippen LogP contribution in [0, 0.1) is 6.92 Å². The van der Waals surface area contributed by atoms with Gasteiger partial charge in [-0.15, -0.1) is 0 Å². The second-order valence-electron chi connectivity index (χ2n) is 6.05. The van der Waals surface area contributed by atoms with E-state index < -0.39 is 0 Å². The minimum absolute atomic E-state index is 0.120. The third-order valence-corrected chi connectivity index (χ3v) is 4.53. The van der Waals surface area contributed by atoms with Crippen LogP contribution in [0.2, 0.25) is 5.02 Å². The number of nitrogens with zero attached hydrogens (tertiary/aromatic N) is 1. The van der Waals surface area contributed by atoms with E-state index in [-0.39, 0.29) is 11.5 Å². The van der Waals surface area contributed by atoms with Crippen molar-refractivity contribution in [1.82, 2.24) is 4.98 Å². The minimum Gasteiger partial charge on any atom is -0.432 e. The predicted octanol–water partition coefficient (Wildman–Crippen LogP) is 5.27. The van der Waals surface area contributed by atoms with Crippen LogP contribution < -0.4 is 5.73 Å². The summed E-state index contributed by atoms with van der Waals surface area (Å²) >= 11 is 5.95. The number of rotatable bonds is 3. The van der Waals surface area contributed by atoms with Crippen LogP contribution in [0.5, 0.6) is 0 Å². The second kappa shape index (κ2) is 6.32. The molecule has 128 valence electrons. The number of hydrogen-bond donors (Lipinski definition) is 1. The van der Waals surface area contributed by atoms with Gasteiger partial charge in [0, 0.05) is 16.1 Å². The summed E-state index contributed by atoms with van der Waals surface area (Å²) in [6.45, 7) is 1.92. The Kier molecular flexibility index (Phi) is 3.98. The van der Waals surface area contributed by atoms with Crippen LogP contribution in [-0.2, 0) is 0 Å². The lowest BCUT2D eigenvalue weighted by Crippen LogP contribution is -2.02. The van der Waals surface area contributed by atoms with Crippen LogP contribution in [-0.4, -0.2) is 10.8 Å². The van der Waals surface area contributed by atoms with E-state index >= 15 is 0 Å². The maximum atomic E-state index is 12.7. The smallest absolute Gasteiger partial charge is 0.230 e. The Bertz CT molecular complexity index is 1120. The molecule has 4 rings (SSSR count). The van der Waals surface area contributed by atoms with Crippen molar-refractivity contribution in [2.45, 2.75) is 6.92 Å². The van der Waals surface area contributed by atoms with E-state index in [0.717, 1.165) is 16.8 Å². The summed E-state index contributed by atoms with van der Waals surface area (Å²) in [6, 6.07) is 18.2. The molecule has 5 heteroatoms. The third-order valence-electron chi connectivity index (χ3n) is 4.28. The molecule has 0 aliphatic carbocycles. The average Bonchev–Trinajstić information content (AvgIpc) is 2.99. The first-order valence-corrected chi connectivity index (χ1v) is 8.47. The first kappa shape index (κ1) is 16.4. The van der Waals surface area contributed by atoms with Gasteiger partial charge < -0.3 is 10.2 Å². The van der Waals surface area contributed by atoms with Crippen LogP contribution >= 0.6 is 11.6 Å². The van der Waals surface area contributed by atoms with Gasteiger partial charge in [0.25, 0.3) is 0 Å². The average molecular weight is 363 g/mol. The number of halogens is 1. The molecule has 2 N–H and O–H groups in total. The topological polar surface area (TPSA) is 69.1 Å². The summed E-state index contributed by atoms with van der Waals surface area (Å²) in [7, 11) is 0. The van der Waals surface area contributed by atoms with Gasteiger partial charge in [-0.25, -0.2) is 4.98 Å². The zero-order valence-corrected chi connectivity index (χ0v) is 14.7. The molecule has 0 bridgehead atoms. The number of benzene rings is 2. The van der Waals surface area contributed by atoms with Crippen molar-refractivity contribution < 1.29 is 9.21 Å². The highest BCUT2D eigenvalue weighted by Crippen LogP contribution is 2.34. The monoisotopic (exact) mass is 362 g/mol. The number of aromatic nitrogens is 1. The number of furan rings is 1. The largest absolute Gasteiger partial charge is 0.432 e. The summed E-state index contributed by atoms with van der Waals surface area (Å²) in [6.07, 6.45) is 0. The fourth-order valence-electron chi connectivity index (χ4n) is 2.97. The van der Waals surface area contributed by atoms with E-state index in [1.807, 2.05) is 31.2 Å². The molecule has 4 nitrogen and oxygen atoms in total. The number of carbonyl (C=O) groups is 1. The predicted molar refractivity (Wildman–Crippen MR) is 103 cm³/mol. The van der Waals surface area contributed by atoms with Crippen molar-refractivity contribution in [3.05, 3.63) is 82.6 Å². The highest BCUT2D eigenvalue weighted by Gasteiger charge is 2.22. The van der Waals surface area contributed by atoms with Gasteiger partial charge in [-0.2, -0.15) is 0 Å². The number of hydrogen-bond acceptors (Lipinski definition) is 4. The number of nitrogens with two attached hydrogens (primary N) is 1. The van der Waals surface area contributed by atoms with Gasteiger partial charge in [0.1, 0.15) is 0 Å². The quantitative estimate of drug-likeness (QED) is 0.504. The van der Waals surface area contributed by atoms with Gasteiger partial charge in [0.05, 0.1) is 16.8 Å². The van der Waals surface area contributed by atoms with Crippen LogP contribution in [0.15, 0.2) is 65.1 Å². The standard InChI is InChI=1S/C21H15ClN2O2/c1-12-11-16(13-7-9-15(22)10-8-13)24-21-17(12)18(23)20(26-21)19(25)14-5-3-2-4-6-14/h2-11H,23H2,1H3. The zero-order chi connectivity index (χ0) is 18.3. The molecule has 2 aromatic heterocycles. The molecule has 0 radical (unpaired) electrons. The van der Waals surface area contributed by atoms with Crippen molar-refractivity contribution in [2.24, 2.45) is 0 Å². The van der Waals surface area contributed by atoms with Crippen LogP contribution in [0.25, 0.3) is 22.4 Å². The summed E-state index contributed by atoms with van der Waals surface area (Å²) < 4.78 is 5.77. The van der Waals surface area contributed by atoms with Gasteiger partial charge >= 0.3 is 0 Å². The Balaban J connectivity index is 1.85. The first-order chi connectivity index (χ1) is 12.5. The highest BCUT2D eigenvalue weighted by molar-refractivity contribution is 6.30. The van der Waals surface area contributed by atoms with Gasteiger partial charge in [-0.05, 0) is 30.7 Å². The molecule has 0 saturated carbocycles. The molecule has 2 heterocycles. The van der Waals surface area contributed by atoms with Crippen molar-refractivity contribution in [2.75, 3.05) is 5.73 Å². The number of carbonyl (C=O) groups excluding carboxylic acids is 1. The minimum atomic E-state index is -0.256. The SMILES string of the molecule is Cc1cc(-c2ccc(Cl)cc2)nc2oc(C(=O)c3ccccc3)c(N)c12.